The molecule has 0 aliphatic heterocycles. The Morgan fingerprint density at radius 2 is 2.46 bits per heavy atom. The van der Waals surface area contributed by atoms with Gasteiger partial charge in [-0.1, -0.05) is 0 Å². The molecule has 1 rings (SSSR count). The Morgan fingerprint density at radius 1 is 1.69 bits per heavy atom. The van der Waals surface area contributed by atoms with Crippen molar-refractivity contribution in [3.05, 3.63) is 18.1 Å². The summed E-state index contributed by atoms with van der Waals surface area (Å²) in [5, 5.41) is 0. The number of ether oxygens (including phenoxy) is 1. The van der Waals surface area contributed by atoms with Crippen LogP contribution in [0.25, 0.3) is 0 Å². The maximum absolute atomic E-state index is 5.74. The Bertz CT molecular complexity index is 319. The monoisotopic (exact) mass is 177 g/mol. The Kier molecular flexibility index (Phi) is 3.23. The van der Waals surface area contributed by atoms with Gasteiger partial charge in [-0.2, -0.15) is 0 Å². The molecule has 0 radical (unpaired) electrons. The van der Waals surface area contributed by atoms with Gasteiger partial charge in [0.15, 0.2) is 0 Å². The van der Waals surface area contributed by atoms with Crippen LogP contribution >= 0.6 is 0 Å². The van der Waals surface area contributed by atoms with Crippen LogP contribution in [0, 0.1) is 12.3 Å². The lowest BCUT2D eigenvalue weighted by Gasteiger charge is -2.07. The third kappa shape index (κ3) is 2.42. The molecule has 0 aromatic carbocycles. The minimum absolute atomic E-state index is 0.248. The number of terminal acetylenes is 1. The van der Waals surface area contributed by atoms with Crippen LogP contribution in [-0.2, 0) is 0 Å². The summed E-state index contributed by atoms with van der Waals surface area (Å²) in [5.74, 6) is 2.97. The van der Waals surface area contributed by atoms with Crippen LogP contribution in [0.4, 0.5) is 0 Å². The molecule has 0 spiro atoms. The molecule has 0 saturated heterocycles. The summed E-state index contributed by atoms with van der Waals surface area (Å²) in [5.41, 5.74) is 6.44. The molecule has 0 saturated carbocycles. The predicted octanol–water partition coefficient (Wildman–Crippen LogP) is 0.508. The number of nitrogens with two attached hydrogens (primary N) is 1. The minimum atomic E-state index is -0.248. The fourth-order valence-electron chi connectivity index (χ4n) is 0.899. The number of hydrogen-bond acceptors (Lipinski definition) is 4. The van der Waals surface area contributed by atoms with Crippen molar-refractivity contribution in [2.75, 3.05) is 7.11 Å². The van der Waals surface area contributed by atoms with Crippen molar-refractivity contribution in [3.63, 3.8) is 0 Å². The number of nitrogens with zero attached hydrogens (tertiary/aromatic N) is 2. The van der Waals surface area contributed by atoms with E-state index in [0.717, 1.165) is 0 Å². The van der Waals surface area contributed by atoms with Crippen LogP contribution < -0.4 is 10.5 Å². The highest BCUT2D eigenvalue weighted by Crippen LogP contribution is 2.13. The molecule has 0 fully saturated rings. The van der Waals surface area contributed by atoms with Gasteiger partial charge in [-0.15, -0.1) is 12.3 Å². The molecule has 1 heterocycles. The fraction of sp³-hybridized carbons (Fsp3) is 0.333. The number of rotatable bonds is 3. The summed E-state index contributed by atoms with van der Waals surface area (Å²) < 4.78 is 4.92. The quantitative estimate of drug-likeness (QED) is 0.683. The van der Waals surface area contributed by atoms with Crippen molar-refractivity contribution in [2.24, 2.45) is 5.73 Å². The van der Waals surface area contributed by atoms with E-state index in [1.54, 1.807) is 13.2 Å². The molecule has 1 unspecified atom stereocenters. The number of hydrogen-bond donors (Lipinski definition) is 1. The van der Waals surface area contributed by atoms with E-state index < -0.39 is 0 Å². The SMILES string of the molecule is C#CCC(N)c1cc(OC)ncn1. The van der Waals surface area contributed by atoms with E-state index in [4.69, 9.17) is 16.9 Å². The van der Waals surface area contributed by atoms with Gasteiger partial charge >= 0.3 is 0 Å². The van der Waals surface area contributed by atoms with Gasteiger partial charge in [0.25, 0.3) is 0 Å². The number of aromatic nitrogens is 2. The van der Waals surface area contributed by atoms with Crippen LogP contribution in [0.2, 0.25) is 0 Å². The highest BCUT2D eigenvalue weighted by atomic mass is 16.5. The van der Waals surface area contributed by atoms with E-state index in [2.05, 4.69) is 15.9 Å². The van der Waals surface area contributed by atoms with Crippen LogP contribution in [0.5, 0.6) is 5.88 Å². The van der Waals surface area contributed by atoms with Gasteiger partial charge in [0, 0.05) is 12.5 Å². The molecule has 0 aliphatic rings. The fourth-order valence-corrected chi connectivity index (χ4v) is 0.899. The molecule has 1 atom stereocenters. The Morgan fingerprint density at radius 3 is 3.08 bits per heavy atom. The van der Waals surface area contributed by atoms with E-state index in [0.29, 0.717) is 18.0 Å². The molecule has 0 aliphatic carbocycles. The van der Waals surface area contributed by atoms with Crippen molar-refractivity contribution in [2.45, 2.75) is 12.5 Å². The van der Waals surface area contributed by atoms with Crippen molar-refractivity contribution in [1.29, 1.82) is 0 Å². The van der Waals surface area contributed by atoms with Gasteiger partial charge in [-0.3, -0.25) is 0 Å². The van der Waals surface area contributed by atoms with Gasteiger partial charge in [0.2, 0.25) is 5.88 Å². The second-order valence-corrected chi connectivity index (χ2v) is 2.50. The average molecular weight is 177 g/mol. The first-order valence-corrected chi connectivity index (χ1v) is 3.83. The lowest BCUT2D eigenvalue weighted by Crippen LogP contribution is -2.11. The van der Waals surface area contributed by atoms with E-state index in [-0.39, 0.29) is 6.04 Å². The summed E-state index contributed by atoms with van der Waals surface area (Å²) in [6.07, 6.45) is 7.00. The average Bonchev–Trinajstić information content (AvgIpc) is 2.18. The second kappa shape index (κ2) is 4.43. The predicted molar refractivity (Wildman–Crippen MR) is 49.0 cm³/mol. The van der Waals surface area contributed by atoms with Crippen molar-refractivity contribution in [3.8, 4) is 18.2 Å². The molecule has 4 nitrogen and oxygen atoms in total. The molecule has 1 aromatic heterocycles. The zero-order chi connectivity index (χ0) is 9.68. The maximum Gasteiger partial charge on any atom is 0.216 e. The second-order valence-electron chi connectivity index (χ2n) is 2.50. The first kappa shape index (κ1) is 9.49. The van der Waals surface area contributed by atoms with Gasteiger partial charge in [-0.05, 0) is 0 Å². The first-order valence-electron chi connectivity index (χ1n) is 3.83. The van der Waals surface area contributed by atoms with Crippen molar-refractivity contribution in [1.82, 2.24) is 9.97 Å². The highest BCUT2D eigenvalue weighted by molar-refractivity contribution is 5.17. The van der Waals surface area contributed by atoms with Crippen LogP contribution in [-0.4, -0.2) is 17.1 Å². The molecule has 13 heavy (non-hydrogen) atoms. The van der Waals surface area contributed by atoms with Gasteiger partial charge < -0.3 is 10.5 Å². The lowest BCUT2D eigenvalue weighted by molar-refractivity contribution is 0.395. The first-order chi connectivity index (χ1) is 6.27. The molecular formula is C9H11N3O. The normalized spacial score (nSPS) is 11.8. The Labute approximate surface area is 77.1 Å². The smallest absolute Gasteiger partial charge is 0.216 e. The minimum Gasteiger partial charge on any atom is -0.481 e. The summed E-state index contributed by atoms with van der Waals surface area (Å²) in [4.78, 5) is 7.85. The van der Waals surface area contributed by atoms with Crippen LogP contribution in [0.15, 0.2) is 12.4 Å². The molecule has 68 valence electrons. The van der Waals surface area contributed by atoms with Crippen LogP contribution in [0.1, 0.15) is 18.2 Å². The van der Waals surface area contributed by atoms with Gasteiger partial charge in [-0.25, -0.2) is 9.97 Å². The molecule has 0 bridgehead atoms. The van der Waals surface area contributed by atoms with E-state index in [1.807, 2.05) is 0 Å². The van der Waals surface area contributed by atoms with Crippen molar-refractivity contribution < 1.29 is 4.74 Å². The summed E-state index contributed by atoms with van der Waals surface area (Å²) in [6.45, 7) is 0. The third-order valence-electron chi connectivity index (χ3n) is 1.59. The van der Waals surface area contributed by atoms with Gasteiger partial charge in [0.05, 0.1) is 18.8 Å². The summed E-state index contributed by atoms with van der Waals surface area (Å²) in [6, 6.07) is 1.43. The maximum atomic E-state index is 5.74. The zero-order valence-corrected chi connectivity index (χ0v) is 7.40. The molecule has 0 amide bonds. The topological polar surface area (TPSA) is 61.0 Å². The van der Waals surface area contributed by atoms with Gasteiger partial charge in [0.1, 0.15) is 6.33 Å². The van der Waals surface area contributed by atoms with Crippen molar-refractivity contribution >= 4 is 0 Å². The summed E-state index contributed by atoms with van der Waals surface area (Å²) >= 11 is 0. The van der Waals surface area contributed by atoms with E-state index in [9.17, 15) is 0 Å². The van der Waals surface area contributed by atoms with E-state index in [1.165, 1.54) is 6.33 Å². The Hall–Kier alpha value is -1.60. The number of methoxy groups -OCH3 is 1. The zero-order valence-electron chi connectivity index (χ0n) is 7.40. The standard InChI is InChI=1S/C9H11N3O/c1-3-4-7(10)8-5-9(13-2)12-6-11-8/h1,5-7H,4,10H2,2H3. The van der Waals surface area contributed by atoms with E-state index >= 15 is 0 Å². The van der Waals surface area contributed by atoms with Crippen LogP contribution in [0.3, 0.4) is 0 Å². The third-order valence-corrected chi connectivity index (χ3v) is 1.59. The summed E-state index contributed by atoms with van der Waals surface area (Å²) in [7, 11) is 1.54. The largest absolute Gasteiger partial charge is 0.481 e. The lowest BCUT2D eigenvalue weighted by atomic mass is 10.1. The molecular weight excluding hydrogens is 166 g/mol. The highest BCUT2D eigenvalue weighted by Gasteiger charge is 2.06. The Balaban J connectivity index is 2.83. The molecule has 1 aromatic rings. The molecule has 4 heteroatoms. The molecule has 2 N–H and O–H groups in total.